The van der Waals surface area contributed by atoms with E-state index in [1.807, 2.05) is 0 Å². The predicted molar refractivity (Wildman–Crippen MR) is 131 cm³/mol. The Morgan fingerprint density at radius 3 is 1.14 bits per heavy atom. The minimum Gasteiger partial charge on any atom is -0.397 e. The molecular weight excluding hydrogens is 516 g/mol. The summed E-state index contributed by atoms with van der Waals surface area (Å²) in [6.07, 6.45) is 0. The second-order valence-corrected chi connectivity index (χ2v) is 10.1. The predicted octanol–water partition coefficient (Wildman–Crippen LogP) is 1.78. The second-order valence-electron chi connectivity index (χ2n) is 7.26. The lowest BCUT2D eigenvalue weighted by atomic mass is 10.2. The number of benzene rings is 3. The standard InChI is InChI=1S/C20H20N6O8S2/c21-15-9-13(35(29,30)31)5-7-17(15)25(19(23)27)11-1-2-12(4-3-11)26(20(24)28)18-8-6-14(10-16(18)22)36(32,33)34/h1-10H,21-22H2,(H2,23,27)(H2,24,28)(H,29,30,31)(H,32,33,34). The lowest BCUT2D eigenvalue weighted by Crippen LogP contribution is -2.33. The zero-order valence-corrected chi connectivity index (χ0v) is 19.8. The molecule has 0 radical (unpaired) electrons. The van der Waals surface area contributed by atoms with Crippen molar-refractivity contribution in [1.29, 1.82) is 0 Å². The Bertz CT molecular complexity index is 1460. The largest absolute Gasteiger partial charge is 0.397 e. The minimum absolute atomic E-state index is 0.0134. The molecule has 0 fully saturated rings. The minimum atomic E-state index is -4.54. The molecule has 0 aliphatic rings. The van der Waals surface area contributed by atoms with Crippen LogP contribution in [-0.4, -0.2) is 38.0 Å². The van der Waals surface area contributed by atoms with Gasteiger partial charge in [-0.3, -0.25) is 18.9 Å². The number of rotatable bonds is 6. The number of nitrogens with zero attached hydrogens (tertiary/aromatic N) is 2. The molecule has 190 valence electrons. The van der Waals surface area contributed by atoms with Gasteiger partial charge in [-0.25, -0.2) is 9.59 Å². The summed E-state index contributed by atoms with van der Waals surface area (Å²) in [5, 5.41) is 0. The summed E-state index contributed by atoms with van der Waals surface area (Å²) < 4.78 is 63.7. The molecule has 16 heteroatoms. The number of nitrogens with two attached hydrogens (primary N) is 4. The molecule has 0 aliphatic heterocycles. The summed E-state index contributed by atoms with van der Waals surface area (Å²) in [5.74, 6) is 0. The van der Waals surface area contributed by atoms with Gasteiger partial charge in [0, 0.05) is 0 Å². The number of hydrogen-bond donors (Lipinski definition) is 6. The van der Waals surface area contributed by atoms with Gasteiger partial charge in [0.1, 0.15) is 0 Å². The summed E-state index contributed by atoms with van der Waals surface area (Å²) >= 11 is 0. The van der Waals surface area contributed by atoms with Crippen molar-refractivity contribution in [3.05, 3.63) is 60.7 Å². The highest BCUT2D eigenvalue weighted by Crippen LogP contribution is 2.36. The van der Waals surface area contributed by atoms with E-state index in [1.54, 1.807) is 0 Å². The van der Waals surface area contributed by atoms with Crippen molar-refractivity contribution in [3.63, 3.8) is 0 Å². The molecule has 14 nitrogen and oxygen atoms in total. The number of carbonyl (C=O) groups is 2. The van der Waals surface area contributed by atoms with Gasteiger partial charge in [0.2, 0.25) is 0 Å². The molecular formula is C20H20N6O8S2. The molecule has 0 atom stereocenters. The van der Waals surface area contributed by atoms with Gasteiger partial charge >= 0.3 is 12.1 Å². The van der Waals surface area contributed by atoms with Gasteiger partial charge in [0.15, 0.2) is 0 Å². The fraction of sp³-hybridized carbons (Fsp3) is 0. The number of amides is 4. The van der Waals surface area contributed by atoms with E-state index in [0.717, 1.165) is 34.1 Å². The van der Waals surface area contributed by atoms with E-state index < -0.39 is 42.1 Å². The van der Waals surface area contributed by atoms with Gasteiger partial charge in [-0.15, -0.1) is 0 Å². The van der Waals surface area contributed by atoms with Gasteiger partial charge in [0.25, 0.3) is 20.2 Å². The highest BCUT2D eigenvalue weighted by atomic mass is 32.2. The number of anilines is 6. The van der Waals surface area contributed by atoms with Crippen LogP contribution in [0, 0.1) is 0 Å². The highest BCUT2D eigenvalue weighted by molar-refractivity contribution is 7.86. The van der Waals surface area contributed by atoms with Crippen LogP contribution in [0.5, 0.6) is 0 Å². The number of primary amides is 2. The molecule has 3 rings (SSSR count). The van der Waals surface area contributed by atoms with Crippen LogP contribution in [0.4, 0.5) is 43.7 Å². The van der Waals surface area contributed by atoms with Crippen LogP contribution in [0.1, 0.15) is 0 Å². The maximum atomic E-state index is 12.2. The smallest absolute Gasteiger partial charge is 0.323 e. The first-order valence-electron chi connectivity index (χ1n) is 9.64. The van der Waals surface area contributed by atoms with Crippen molar-refractivity contribution in [1.82, 2.24) is 0 Å². The van der Waals surface area contributed by atoms with Crippen molar-refractivity contribution < 1.29 is 35.5 Å². The first-order chi connectivity index (χ1) is 16.6. The third-order valence-electron chi connectivity index (χ3n) is 4.88. The van der Waals surface area contributed by atoms with E-state index in [9.17, 15) is 35.5 Å². The van der Waals surface area contributed by atoms with Gasteiger partial charge in [-0.2, -0.15) is 16.8 Å². The lowest BCUT2D eigenvalue weighted by Gasteiger charge is -2.25. The van der Waals surface area contributed by atoms with Gasteiger partial charge < -0.3 is 22.9 Å². The zero-order chi connectivity index (χ0) is 27.0. The molecule has 10 N–H and O–H groups in total. The van der Waals surface area contributed by atoms with E-state index in [-0.39, 0.29) is 34.1 Å². The fourth-order valence-corrected chi connectivity index (χ4v) is 4.35. The average Bonchev–Trinajstić information content (AvgIpc) is 2.75. The number of hydrogen-bond acceptors (Lipinski definition) is 8. The molecule has 0 unspecified atom stereocenters. The second kappa shape index (κ2) is 9.34. The molecule has 0 aliphatic carbocycles. The average molecular weight is 537 g/mol. The molecule has 36 heavy (non-hydrogen) atoms. The molecule has 0 aromatic heterocycles. The zero-order valence-electron chi connectivity index (χ0n) is 18.1. The van der Waals surface area contributed by atoms with Crippen LogP contribution in [0.15, 0.2) is 70.5 Å². The van der Waals surface area contributed by atoms with E-state index in [1.165, 1.54) is 36.4 Å². The maximum Gasteiger partial charge on any atom is 0.323 e. The van der Waals surface area contributed by atoms with Crippen molar-refractivity contribution in [2.45, 2.75) is 9.79 Å². The molecule has 3 aromatic rings. The summed E-state index contributed by atoms with van der Waals surface area (Å²) in [6, 6.07) is 9.81. The first kappa shape index (κ1) is 26.2. The quantitative estimate of drug-likeness (QED) is 0.196. The van der Waals surface area contributed by atoms with Gasteiger partial charge in [0.05, 0.1) is 43.9 Å². The Morgan fingerprint density at radius 1 is 0.611 bits per heavy atom. The number of urea groups is 2. The lowest BCUT2D eigenvalue weighted by molar-refractivity contribution is 0.255. The van der Waals surface area contributed by atoms with Crippen LogP contribution in [-0.2, 0) is 20.2 Å². The van der Waals surface area contributed by atoms with Crippen molar-refractivity contribution in [3.8, 4) is 0 Å². The Hall–Kier alpha value is -4.38. The van der Waals surface area contributed by atoms with E-state index >= 15 is 0 Å². The van der Waals surface area contributed by atoms with E-state index in [0.29, 0.717) is 0 Å². The summed E-state index contributed by atoms with van der Waals surface area (Å²) in [5.41, 5.74) is 22.7. The van der Waals surface area contributed by atoms with Crippen molar-refractivity contribution >= 4 is 66.4 Å². The van der Waals surface area contributed by atoms with E-state index in [2.05, 4.69) is 0 Å². The van der Waals surface area contributed by atoms with Gasteiger partial charge in [-0.05, 0) is 60.7 Å². The molecule has 0 saturated heterocycles. The molecule has 4 amide bonds. The SMILES string of the molecule is NC(=O)N(c1ccc(N(C(N)=O)c2ccc(S(=O)(=O)O)cc2N)cc1)c1ccc(S(=O)(=O)O)cc1N. The molecule has 0 saturated carbocycles. The molecule has 0 bridgehead atoms. The van der Waals surface area contributed by atoms with Gasteiger partial charge in [-0.1, -0.05) is 0 Å². The highest BCUT2D eigenvalue weighted by Gasteiger charge is 2.23. The number of nitrogen functional groups attached to an aromatic ring is 2. The van der Waals surface area contributed by atoms with Crippen LogP contribution in [0.2, 0.25) is 0 Å². The Kier molecular flexibility index (Phi) is 6.81. The Morgan fingerprint density at radius 2 is 0.917 bits per heavy atom. The van der Waals surface area contributed by atoms with E-state index in [4.69, 9.17) is 22.9 Å². The topological polar surface area (TPSA) is 253 Å². The summed E-state index contributed by atoms with van der Waals surface area (Å²) in [4.78, 5) is 25.3. The monoisotopic (exact) mass is 536 g/mol. The summed E-state index contributed by atoms with van der Waals surface area (Å²) in [7, 11) is -9.08. The number of carbonyl (C=O) groups excluding carboxylic acids is 2. The Labute approximate surface area is 205 Å². The first-order valence-corrected chi connectivity index (χ1v) is 12.5. The molecule has 3 aromatic carbocycles. The van der Waals surface area contributed by atoms with Crippen LogP contribution in [0.3, 0.4) is 0 Å². The third-order valence-corrected chi connectivity index (χ3v) is 6.58. The van der Waals surface area contributed by atoms with Crippen LogP contribution in [0.25, 0.3) is 0 Å². The molecule has 0 spiro atoms. The summed E-state index contributed by atoms with van der Waals surface area (Å²) in [6.45, 7) is 0. The van der Waals surface area contributed by atoms with Crippen molar-refractivity contribution in [2.75, 3.05) is 21.3 Å². The Balaban J connectivity index is 2.04. The van der Waals surface area contributed by atoms with Crippen molar-refractivity contribution in [2.24, 2.45) is 11.5 Å². The van der Waals surface area contributed by atoms with Crippen LogP contribution >= 0.6 is 0 Å². The third kappa shape index (κ3) is 5.31. The maximum absolute atomic E-state index is 12.2. The normalized spacial score (nSPS) is 11.6. The molecule has 0 heterocycles. The van der Waals surface area contributed by atoms with Crippen LogP contribution < -0.4 is 32.7 Å². The fourth-order valence-electron chi connectivity index (χ4n) is 3.31.